The third-order valence-electron chi connectivity index (χ3n) is 6.09. The van der Waals surface area contributed by atoms with E-state index in [1.54, 1.807) is 36.4 Å². The molecule has 0 amide bonds. The number of aliphatic hydroxyl groups excluding tert-OH is 1. The minimum Gasteiger partial charge on any atom is -0.481 e. The molecule has 0 spiro atoms. The average molecular weight is 469 g/mol. The van der Waals surface area contributed by atoms with Crippen LogP contribution < -0.4 is 5.56 Å². The fourth-order valence-corrected chi connectivity index (χ4v) is 4.03. The van der Waals surface area contributed by atoms with Gasteiger partial charge in [-0.15, -0.1) is 5.10 Å². The highest BCUT2D eigenvalue weighted by Gasteiger charge is 2.26. The number of aryl methyl sites for hydroxylation is 2. The van der Waals surface area contributed by atoms with Crippen molar-refractivity contribution in [1.29, 1.82) is 5.26 Å². The van der Waals surface area contributed by atoms with Crippen LogP contribution in [-0.4, -0.2) is 37.3 Å². The summed E-state index contributed by atoms with van der Waals surface area (Å²) in [4.78, 5) is 24.4. The Hall–Kier alpha value is -4.35. The van der Waals surface area contributed by atoms with Crippen molar-refractivity contribution in [3.8, 4) is 17.2 Å². The quantitative estimate of drug-likeness (QED) is 0.385. The van der Waals surface area contributed by atoms with E-state index >= 15 is 0 Å². The largest absolute Gasteiger partial charge is 0.481 e. The lowest BCUT2D eigenvalue weighted by atomic mass is 9.93. The molecule has 2 atom stereocenters. The lowest BCUT2D eigenvalue weighted by Gasteiger charge is -2.19. The molecule has 2 unspecified atom stereocenters. The molecule has 1 heterocycles. The Morgan fingerprint density at radius 1 is 0.971 bits per heavy atom. The van der Waals surface area contributed by atoms with E-state index in [9.17, 15) is 19.8 Å². The molecule has 1 aromatic heterocycles. The number of carboxylic acids is 1. The molecule has 2 N–H and O–H groups in total. The summed E-state index contributed by atoms with van der Waals surface area (Å²) >= 11 is 0. The van der Waals surface area contributed by atoms with E-state index in [4.69, 9.17) is 5.26 Å². The number of aromatic nitrogens is 3. The normalized spacial score (nSPS) is 12.7. The van der Waals surface area contributed by atoms with Gasteiger partial charge in [0.05, 0.1) is 29.0 Å². The third-order valence-corrected chi connectivity index (χ3v) is 6.09. The SMILES string of the molecule is N#Cc1ccc(-c2ccc(CCC(O)C(CCn3nnc4ccccc4c3=O)C(=O)O)cc2)cc1. The molecule has 0 radical (unpaired) electrons. The first-order chi connectivity index (χ1) is 17.0. The van der Waals surface area contributed by atoms with Gasteiger partial charge in [0, 0.05) is 6.54 Å². The zero-order valence-corrected chi connectivity index (χ0v) is 18.9. The summed E-state index contributed by atoms with van der Waals surface area (Å²) in [6, 6.07) is 24.1. The van der Waals surface area contributed by atoms with Gasteiger partial charge >= 0.3 is 5.97 Å². The van der Waals surface area contributed by atoms with E-state index in [1.165, 1.54) is 0 Å². The van der Waals surface area contributed by atoms with E-state index in [1.807, 2.05) is 36.4 Å². The van der Waals surface area contributed by atoms with Crippen LogP contribution in [0.5, 0.6) is 0 Å². The number of rotatable bonds is 9. The van der Waals surface area contributed by atoms with Gasteiger partial charge in [-0.2, -0.15) is 5.26 Å². The van der Waals surface area contributed by atoms with E-state index in [0.29, 0.717) is 22.9 Å². The second kappa shape index (κ2) is 10.7. The highest BCUT2D eigenvalue weighted by molar-refractivity contribution is 5.76. The van der Waals surface area contributed by atoms with Crippen LogP contribution in [0.15, 0.2) is 77.6 Å². The van der Waals surface area contributed by atoms with Gasteiger partial charge in [-0.1, -0.05) is 53.7 Å². The molecule has 3 aromatic carbocycles. The van der Waals surface area contributed by atoms with E-state index in [0.717, 1.165) is 21.4 Å². The maximum absolute atomic E-state index is 12.6. The molecule has 0 fully saturated rings. The van der Waals surface area contributed by atoms with Crippen LogP contribution in [0.25, 0.3) is 22.0 Å². The van der Waals surface area contributed by atoms with Gasteiger partial charge in [-0.25, -0.2) is 4.68 Å². The Morgan fingerprint density at radius 3 is 2.29 bits per heavy atom. The molecule has 4 rings (SSSR count). The van der Waals surface area contributed by atoms with Gasteiger partial charge in [-0.05, 0) is 60.2 Å². The number of hydrogen-bond acceptors (Lipinski definition) is 6. The predicted molar refractivity (Wildman–Crippen MR) is 130 cm³/mol. The van der Waals surface area contributed by atoms with Crippen LogP contribution in [0.3, 0.4) is 0 Å². The van der Waals surface area contributed by atoms with E-state index in [-0.39, 0.29) is 24.9 Å². The minimum atomic E-state index is -1.12. The summed E-state index contributed by atoms with van der Waals surface area (Å²) in [6.07, 6.45) is -0.240. The number of hydrogen-bond donors (Lipinski definition) is 2. The molecule has 0 aliphatic heterocycles. The van der Waals surface area contributed by atoms with Gasteiger partial charge in [0.25, 0.3) is 5.56 Å². The van der Waals surface area contributed by atoms with Crippen molar-refractivity contribution in [2.24, 2.45) is 5.92 Å². The lowest BCUT2D eigenvalue weighted by molar-refractivity contribution is -0.146. The molecule has 8 heteroatoms. The summed E-state index contributed by atoms with van der Waals surface area (Å²) in [5, 5.41) is 37.5. The maximum atomic E-state index is 12.6. The first-order valence-electron chi connectivity index (χ1n) is 11.3. The van der Waals surface area contributed by atoms with Crippen LogP contribution in [0, 0.1) is 17.2 Å². The number of nitrogens with zero attached hydrogens (tertiary/aromatic N) is 4. The molecule has 0 bridgehead atoms. The second-order valence-corrected chi connectivity index (χ2v) is 8.36. The van der Waals surface area contributed by atoms with E-state index < -0.39 is 18.0 Å². The van der Waals surface area contributed by atoms with Gasteiger partial charge in [0.1, 0.15) is 5.52 Å². The highest BCUT2D eigenvalue weighted by atomic mass is 16.4. The van der Waals surface area contributed by atoms with Crippen molar-refractivity contribution >= 4 is 16.9 Å². The van der Waals surface area contributed by atoms with Crippen LogP contribution in [0.4, 0.5) is 0 Å². The fourth-order valence-electron chi connectivity index (χ4n) is 4.03. The van der Waals surface area contributed by atoms with Crippen molar-refractivity contribution in [3.05, 3.63) is 94.3 Å². The van der Waals surface area contributed by atoms with E-state index in [2.05, 4.69) is 16.4 Å². The van der Waals surface area contributed by atoms with Gasteiger partial charge in [-0.3, -0.25) is 9.59 Å². The van der Waals surface area contributed by atoms with Crippen molar-refractivity contribution in [3.63, 3.8) is 0 Å². The second-order valence-electron chi connectivity index (χ2n) is 8.36. The molecule has 0 saturated carbocycles. The van der Waals surface area contributed by atoms with Gasteiger partial charge in [0.2, 0.25) is 0 Å². The molecule has 4 aromatic rings. The number of aliphatic carboxylic acids is 1. The standard InChI is InChI=1S/C27H24N4O4/c28-17-19-7-12-21(13-8-19)20-10-5-18(6-11-20)9-14-25(32)23(27(34)35)15-16-31-26(33)22-3-1-2-4-24(22)29-30-31/h1-8,10-13,23,25,32H,9,14-16H2,(H,34,35). The molecule has 176 valence electrons. The van der Waals surface area contributed by atoms with Crippen LogP contribution in [-0.2, 0) is 17.8 Å². The Balaban J connectivity index is 1.37. The predicted octanol–water partition coefficient (Wildman–Crippen LogP) is 3.41. The Bertz CT molecular complexity index is 1420. The van der Waals surface area contributed by atoms with Crippen LogP contribution >= 0.6 is 0 Å². The van der Waals surface area contributed by atoms with Crippen molar-refractivity contribution in [2.45, 2.75) is 31.9 Å². The van der Waals surface area contributed by atoms with Crippen molar-refractivity contribution in [1.82, 2.24) is 15.0 Å². The maximum Gasteiger partial charge on any atom is 0.309 e. The molecule has 35 heavy (non-hydrogen) atoms. The highest BCUT2D eigenvalue weighted by Crippen LogP contribution is 2.22. The zero-order chi connectivity index (χ0) is 24.8. The first-order valence-corrected chi connectivity index (χ1v) is 11.3. The summed E-state index contributed by atoms with van der Waals surface area (Å²) in [7, 11) is 0. The molecule has 8 nitrogen and oxygen atoms in total. The monoisotopic (exact) mass is 468 g/mol. The van der Waals surface area contributed by atoms with Gasteiger partial charge < -0.3 is 10.2 Å². The number of carbonyl (C=O) groups is 1. The third kappa shape index (κ3) is 5.60. The van der Waals surface area contributed by atoms with Gasteiger partial charge in [0.15, 0.2) is 0 Å². The molecular weight excluding hydrogens is 444 g/mol. The topological polar surface area (TPSA) is 129 Å². The van der Waals surface area contributed by atoms with Crippen molar-refractivity contribution in [2.75, 3.05) is 0 Å². The molecule has 0 aliphatic carbocycles. The summed E-state index contributed by atoms with van der Waals surface area (Å²) < 4.78 is 1.15. The average Bonchev–Trinajstić information content (AvgIpc) is 2.89. The number of benzene rings is 3. The Labute approximate surface area is 201 Å². The number of fused-ring (bicyclic) bond motifs is 1. The Morgan fingerprint density at radius 2 is 1.63 bits per heavy atom. The smallest absolute Gasteiger partial charge is 0.309 e. The van der Waals surface area contributed by atoms with Crippen LogP contribution in [0.2, 0.25) is 0 Å². The molecule has 0 saturated heterocycles. The lowest BCUT2D eigenvalue weighted by Crippen LogP contribution is -2.32. The van der Waals surface area contributed by atoms with Crippen LogP contribution in [0.1, 0.15) is 24.0 Å². The summed E-state index contributed by atoms with van der Waals surface area (Å²) in [6.45, 7) is 0.0456. The summed E-state index contributed by atoms with van der Waals surface area (Å²) in [5.41, 5.74) is 3.72. The fraction of sp³-hybridized carbons (Fsp3) is 0.222. The first kappa shape index (κ1) is 23.8. The molecule has 0 aliphatic rings. The number of aliphatic hydroxyl groups is 1. The van der Waals surface area contributed by atoms with Crippen molar-refractivity contribution < 1.29 is 15.0 Å². The Kier molecular flexibility index (Phi) is 7.29. The summed E-state index contributed by atoms with van der Waals surface area (Å²) in [5.74, 6) is -2.15. The number of nitriles is 1. The molecular formula is C27H24N4O4. The number of carboxylic acid groups (broad SMARTS) is 1. The minimum absolute atomic E-state index is 0.0456. The zero-order valence-electron chi connectivity index (χ0n) is 18.9.